The number of nitrogens with zero attached hydrogens (tertiary/aromatic N) is 3. The molecule has 3 aromatic rings. The standard InChI is InChI=1S/C28H26F2N4O5/c1-17-7-10-21(14-35)34-16-32(17)28(38)24-26(39-15-18-5-3-2-4-6-18)25(36)22(13-33(24)34)27(37)31-12-19-8-9-20(29)11-23(19)30/h2-6,8-9,11,13-14,17,21H,7,10,12,15-16H2,1H3,(H,31,37)/t17-,21-/m0/s1. The van der Waals surface area contributed by atoms with Gasteiger partial charge in [0.15, 0.2) is 11.4 Å². The molecule has 0 radical (unpaired) electrons. The Morgan fingerprint density at radius 1 is 1.13 bits per heavy atom. The molecule has 2 aliphatic rings. The Kier molecular flexibility index (Phi) is 7.14. The summed E-state index contributed by atoms with van der Waals surface area (Å²) in [5.41, 5.74) is -0.496. The zero-order valence-corrected chi connectivity index (χ0v) is 21.1. The maximum absolute atomic E-state index is 14.1. The van der Waals surface area contributed by atoms with Crippen molar-refractivity contribution >= 4 is 18.1 Å². The summed E-state index contributed by atoms with van der Waals surface area (Å²) in [6, 6.07) is 11.1. The number of pyridine rings is 1. The van der Waals surface area contributed by atoms with Crippen LogP contribution in [0.2, 0.25) is 0 Å². The minimum absolute atomic E-state index is 0.0247. The van der Waals surface area contributed by atoms with Gasteiger partial charge < -0.3 is 19.7 Å². The van der Waals surface area contributed by atoms with Crippen molar-refractivity contribution < 1.29 is 27.9 Å². The Labute approximate surface area is 222 Å². The van der Waals surface area contributed by atoms with Gasteiger partial charge in [0.05, 0.1) is 0 Å². The summed E-state index contributed by atoms with van der Waals surface area (Å²) >= 11 is 0. The fraction of sp³-hybridized carbons (Fsp3) is 0.286. The van der Waals surface area contributed by atoms with Crippen LogP contribution in [0.15, 0.2) is 59.5 Å². The number of halogens is 2. The smallest absolute Gasteiger partial charge is 0.278 e. The van der Waals surface area contributed by atoms with Gasteiger partial charge in [0.2, 0.25) is 5.43 Å². The maximum Gasteiger partial charge on any atom is 0.278 e. The molecule has 202 valence electrons. The Morgan fingerprint density at radius 3 is 2.62 bits per heavy atom. The monoisotopic (exact) mass is 536 g/mol. The van der Waals surface area contributed by atoms with E-state index in [0.717, 1.165) is 17.9 Å². The highest BCUT2D eigenvalue weighted by Crippen LogP contribution is 2.29. The van der Waals surface area contributed by atoms with Crippen LogP contribution >= 0.6 is 0 Å². The van der Waals surface area contributed by atoms with E-state index < -0.39 is 34.9 Å². The number of amides is 2. The molecule has 0 aliphatic carbocycles. The number of benzene rings is 2. The molecule has 1 saturated heterocycles. The van der Waals surface area contributed by atoms with Crippen molar-refractivity contribution in [3.63, 3.8) is 0 Å². The molecule has 5 rings (SSSR count). The number of nitrogens with one attached hydrogen (secondary N) is 1. The van der Waals surface area contributed by atoms with Crippen LogP contribution in [0, 0.1) is 11.6 Å². The van der Waals surface area contributed by atoms with Crippen LogP contribution < -0.4 is 20.5 Å². The lowest BCUT2D eigenvalue weighted by Gasteiger charge is -2.41. The quantitative estimate of drug-likeness (QED) is 0.466. The molecule has 1 fully saturated rings. The molecule has 2 aromatic carbocycles. The van der Waals surface area contributed by atoms with Crippen LogP contribution in [0.4, 0.5) is 8.78 Å². The number of aldehydes is 1. The minimum Gasteiger partial charge on any atom is -0.482 e. The molecule has 1 aromatic heterocycles. The second-order valence-corrected chi connectivity index (χ2v) is 9.57. The summed E-state index contributed by atoms with van der Waals surface area (Å²) < 4.78 is 34.6. The average molecular weight is 537 g/mol. The Bertz CT molecular complexity index is 1490. The third-order valence-electron chi connectivity index (χ3n) is 7.06. The zero-order valence-electron chi connectivity index (χ0n) is 21.1. The van der Waals surface area contributed by atoms with E-state index in [1.54, 1.807) is 34.2 Å². The van der Waals surface area contributed by atoms with Gasteiger partial charge in [0, 0.05) is 30.4 Å². The van der Waals surface area contributed by atoms with Gasteiger partial charge in [-0.3, -0.25) is 24.1 Å². The van der Waals surface area contributed by atoms with Gasteiger partial charge in [-0.25, -0.2) is 8.78 Å². The molecule has 2 aliphatic heterocycles. The molecular formula is C28H26F2N4O5. The zero-order chi connectivity index (χ0) is 27.7. The number of aromatic nitrogens is 1. The molecule has 2 amide bonds. The van der Waals surface area contributed by atoms with Crippen LogP contribution in [0.25, 0.3) is 0 Å². The lowest BCUT2D eigenvalue weighted by atomic mass is 10.1. The van der Waals surface area contributed by atoms with E-state index in [1.807, 2.05) is 13.0 Å². The number of hydrogen-bond acceptors (Lipinski definition) is 6. The molecule has 3 heterocycles. The molecule has 2 bridgehead atoms. The summed E-state index contributed by atoms with van der Waals surface area (Å²) in [6.07, 6.45) is 3.02. The predicted octanol–water partition coefficient (Wildman–Crippen LogP) is 2.74. The molecule has 11 heteroatoms. The molecule has 1 N–H and O–H groups in total. The lowest BCUT2D eigenvalue weighted by molar-refractivity contribution is -0.109. The average Bonchev–Trinajstić information content (AvgIpc) is 3.07. The van der Waals surface area contributed by atoms with Crippen molar-refractivity contribution in [2.75, 3.05) is 11.7 Å². The molecule has 9 nitrogen and oxygen atoms in total. The van der Waals surface area contributed by atoms with Crippen LogP contribution in [-0.4, -0.2) is 46.4 Å². The van der Waals surface area contributed by atoms with E-state index in [-0.39, 0.29) is 48.4 Å². The lowest BCUT2D eigenvalue weighted by Crippen LogP contribution is -2.58. The van der Waals surface area contributed by atoms with Crippen LogP contribution in [0.5, 0.6) is 5.75 Å². The van der Waals surface area contributed by atoms with E-state index in [9.17, 15) is 28.0 Å². The van der Waals surface area contributed by atoms with Crippen LogP contribution in [-0.2, 0) is 17.9 Å². The fourth-order valence-corrected chi connectivity index (χ4v) is 4.82. The first kappa shape index (κ1) is 26.1. The van der Waals surface area contributed by atoms with Crippen molar-refractivity contribution in [2.24, 2.45) is 0 Å². The van der Waals surface area contributed by atoms with E-state index in [1.165, 1.54) is 16.9 Å². The van der Waals surface area contributed by atoms with Crippen molar-refractivity contribution in [3.05, 3.63) is 99.0 Å². The summed E-state index contributed by atoms with van der Waals surface area (Å²) in [4.78, 5) is 54.0. The second kappa shape index (κ2) is 10.7. The third-order valence-corrected chi connectivity index (χ3v) is 7.06. The minimum atomic E-state index is -0.845. The topological polar surface area (TPSA) is 101 Å². The van der Waals surface area contributed by atoms with Gasteiger partial charge in [-0.15, -0.1) is 0 Å². The highest BCUT2D eigenvalue weighted by Gasteiger charge is 2.41. The van der Waals surface area contributed by atoms with E-state index in [0.29, 0.717) is 18.9 Å². The van der Waals surface area contributed by atoms with E-state index >= 15 is 0 Å². The Morgan fingerprint density at radius 2 is 1.90 bits per heavy atom. The molecule has 39 heavy (non-hydrogen) atoms. The number of rotatable bonds is 7. The van der Waals surface area contributed by atoms with E-state index in [2.05, 4.69) is 5.32 Å². The number of ether oxygens (including phenoxy) is 1. The van der Waals surface area contributed by atoms with Gasteiger partial charge in [-0.05, 0) is 31.4 Å². The van der Waals surface area contributed by atoms with Gasteiger partial charge in [0.25, 0.3) is 11.8 Å². The molecule has 2 atom stereocenters. The van der Waals surface area contributed by atoms with E-state index in [4.69, 9.17) is 4.74 Å². The third kappa shape index (κ3) is 4.99. The van der Waals surface area contributed by atoms with Gasteiger partial charge >= 0.3 is 0 Å². The molecule has 0 spiro atoms. The Hall–Kier alpha value is -4.54. The number of carbonyl (C=O) groups excluding carboxylic acids is 3. The summed E-state index contributed by atoms with van der Waals surface area (Å²) in [5.74, 6) is -3.22. The second-order valence-electron chi connectivity index (χ2n) is 9.57. The first-order chi connectivity index (χ1) is 18.8. The van der Waals surface area contributed by atoms with Crippen molar-refractivity contribution in [1.82, 2.24) is 14.9 Å². The fourth-order valence-electron chi connectivity index (χ4n) is 4.82. The Balaban J connectivity index is 1.57. The SMILES string of the molecule is C[C@H]1CC[C@@H](C=O)N2CN1C(=O)c1c(OCc3ccccc3)c(=O)c(C(=O)NCc3ccc(F)cc3F)cn12. The number of fused-ring (bicyclic) bond motifs is 4. The number of carbonyl (C=O) groups is 3. The molecule has 0 unspecified atom stereocenters. The number of hydrogen-bond donors (Lipinski definition) is 1. The maximum atomic E-state index is 14.1. The first-order valence-electron chi connectivity index (χ1n) is 12.5. The molecule has 0 saturated carbocycles. The highest BCUT2D eigenvalue weighted by atomic mass is 19.1. The van der Waals surface area contributed by atoms with Crippen LogP contribution in [0.1, 0.15) is 51.7 Å². The van der Waals surface area contributed by atoms with Crippen molar-refractivity contribution in [3.8, 4) is 5.75 Å². The summed E-state index contributed by atoms with van der Waals surface area (Å²) in [5, 5.41) is 4.11. The van der Waals surface area contributed by atoms with Gasteiger partial charge in [-0.1, -0.05) is 36.4 Å². The predicted molar refractivity (Wildman–Crippen MR) is 137 cm³/mol. The largest absolute Gasteiger partial charge is 0.482 e. The highest BCUT2D eigenvalue weighted by molar-refractivity contribution is 5.99. The van der Waals surface area contributed by atoms with Gasteiger partial charge in [-0.2, -0.15) is 0 Å². The summed E-state index contributed by atoms with van der Waals surface area (Å²) in [7, 11) is 0. The van der Waals surface area contributed by atoms with Crippen LogP contribution in [0.3, 0.4) is 0 Å². The van der Waals surface area contributed by atoms with Gasteiger partial charge in [0.1, 0.15) is 42.8 Å². The van der Waals surface area contributed by atoms with Crippen molar-refractivity contribution in [2.45, 2.75) is 45.0 Å². The summed E-state index contributed by atoms with van der Waals surface area (Å²) in [6.45, 7) is 1.60. The van der Waals surface area contributed by atoms with Crippen molar-refractivity contribution in [1.29, 1.82) is 0 Å². The normalized spacial score (nSPS) is 18.3. The first-order valence-corrected chi connectivity index (χ1v) is 12.5. The molecular weight excluding hydrogens is 510 g/mol.